The van der Waals surface area contributed by atoms with Crippen molar-refractivity contribution < 1.29 is 4.79 Å². The number of rotatable bonds is 6. The fourth-order valence-electron chi connectivity index (χ4n) is 2.84. The largest absolute Gasteiger partial charge is 0.385 e. The number of benzene rings is 1. The molecule has 1 aliphatic carbocycles. The maximum absolute atomic E-state index is 11.8. The standard InChI is InChI=1S/C18H26N2O/c1-2-13-19-18(21)16-9-11-17(12-10-16)20-14-15-7-5-3-4-6-8-15/h2,9-12,15,20H,1,3-8,13-14H2,(H,19,21). The van der Waals surface area contributed by atoms with E-state index in [0.717, 1.165) is 18.2 Å². The second-order valence-corrected chi connectivity index (χ2v) is 5.81. The topological polar surface area (TPSA) is 41.1 Å². The van der Waals surface area contributed by atoms with Crippen LogP contribution in [0.1, 0.15) is 48.9 Å². The van der Waals surface area contributed by atoms with E-state index in [0.29, 0.717) is 12.1 Å². The number of carbonyl (C=O) groups excluding carboxylic acids is 1. The maximum atomic E-state index is 11.8. The minimum atomic E-state index is -0.0507. The first-order valence-electron chi connectivity index (χ1n) is 8.02. The van der Waals surface area contributed by atoms with Crippen molar-refractivity contribution in [3.8, 4) is 0 Å². The first kappa shape index (κ1) is 15.6. The van der Waals surface area contributed by atoms with Crippen LogP contribution >= 0.6 is 0 Å². The van der Waals surface area contributed by atoms with E-state index in [-0.39, 0.29) is 5.91 Å². The van der Waals surface area contributed by atoms with Gasteiger partial charge in [0.05, 0.1) is 0 Å². The van der Waals surface area contributed by atoms with Gasteiger partial charge in [-0.1, -0.05) is 31.8 Å². The summed E-state index contributed by atoms with van der Waals surface area (Å²) in [5.74, 6) is 0.744. The lowest BCUT2D eigenvalue weighted by Gasteiger charge is -2.15. The van der Waals surface area contributed by atoms with E-state index < -0.39 is 0 Å². The van der Waals surface area contributed by atoms with Crippen LogP contribution in [0.3, 0.4) is 0 Å². The van der Waals surface area contributed by atoms with Crippen LogP contribution < -0.4 is 10.6 Å². The Morgan fingerprint density at radius 3 is 2.43 bits per heavy atom. The predicted octanol–water partition coefficient (Wildman–Crippen LogP) is 3.98. The van der Waals surface area contributed by atoms with E-state index in [1.807, 2.05) is 24.3 Å². The van der Waals surface area contributed by atoms with Crippen LogP contribution in [-0.2, 0) is 0 Å². The molecular weight excluding hydrogens is 260 g/mol. The van der Waals surface area contributed by atoms with Crippen LogP contribution in [0.5, 0.6) is 0 Å². The molecule has 1 amide bonds. The average molecular weight is 286 g/mol. The zero-order valence-corrected chi connectivity index (χ0v) is 12.7. The van der Waals surface area contributed by atoms with Gasteiger partial charge in [-0.2, -0.15) is 0 Å². The van der Waals surface area contributed by atoms with Gasteiger partial charge in [0.2, 0.25) is 0 Å². The highest BCUT2D eigenvalue weighted by molar-refractivity contribution is 5.94. The van der Waals surface area contributed by atoms with Crippen LogP contribution in [0.25, 0.3) is 0 Å². The summed E-state index contributed by atoms with van der Waals surface area (Å²) in [6.07, 6.45) is 9.89. The van der Waals surface area contributed by atoms with Crippen LogP contribution in [0.4, 0.5) is 5.69 Å². The molecule has 3 heteroatoms. The van der Waals surface area contributed by atoms with E-state index in [9.17, 15) is 4.79 Å². The Balaban J connectivity index is 1.81. The third-order valence-electron chi connectivity index (χ3n) is 4.12. The smallest absolute Gasteiger partial charge is 0.251 e. The van der Waals surface area contributed by atoms with Gasteiger partial charge in [-0.05, 0) is 43.0 Å². The Morgan fingerprint density at radius 1 is 1.14 bits per heavy atom. The van der Waals surface area contributed by atoms with E-state index in [4.69, 9.17) is 0 Å². The van der Waals surface area contributed by atoms with Crippen molar-refractivity contribution >= 4 is 11.6 Å². The molecule has 0 unspecified atom stereocenters. The van der Waals surface area contributed by atoms with Gasteiger partial charge in [-0.3, -0.25) is 4.79 Å². The first-order valence-corrected chi connectivity index (χ1v) is 8.02. The van der Waals surface area contributed by atoms with Crippen molar-refractivity contribution in [1.29, 1.82) is 0 Å². The lowest BCUT2D eigenvalue weighted by atomic mass is 10.0. The maximum Gasteiger partial charge on any atom is 0.251 e. The monoisotopic (exact) mass is 286 g/mol. The van der Waals surface area contributed by atoms with Crippen LogP contribution in [0.15, 0.2) is 36.9 Å². The van der Waals surface area contributed by atoms with Gasteiger partial charge < -0.3 is 10.6 Å². The third-order valence-corrected chi connectivity index (χ3v) is 4.12. The minimum Gasteiger partial charge on any atom is -0.385 e. The molecule has 1 saturated carbocycles. The highest BCUT2D eigenvalue weighted by atomic mass is 16.1. The summed E-state index contributed by atoms with van der Waals surface area (Å²) in [6, 6.07) is 7.71. The Morgan fingerprint density at radius 2 is 1.81 bits per heavy atom. The molecule has 0 bridgehead atoms. The zero-order chi connectivity index (χ0) is 14.9. The summed E-state index contributed by atoms with van der Waals surface area (Å²) in [6.45, 7) is 5.14. The average Bonchev–Trinajstić information content (AvgIpc) is 2.80. The molecule has 1 aliphatic rings. The van der Waals surface area contributed by atoms with E-state index in [1.165, 1.54) is 38.5 Å². The highest BCUT2D eigenvalue weighted by Crippen LogP contribution is 2.23. The molecule has 0 heterocycles. The summed E-state index contributed by atoms with van der Waals surface area (Å²) in [5, 5.41) is 6.28. The van der Waals surface area contributed by atoms with E-state index in [1.54, 1.807) is 6.08 Å². The van der Waals surface area contributed by atoms with Gasteiger partial charge in [-0.15, -0.1) is 6.58 Å². The third kappa shape index (κ3) is 5.25. The fraction of sp³-hybridized carbons (Fsp3) is 0.500. The number of carbonyl (C=O) groups is 1. The molecule has 3 nitrogen and oxygen atoms in total. The second-order valence-electron chi connectivity index (χ2n) is 5.81. The molecule has 0 radical (unpaired) electrons. The molecule has 0 saturated heterocycles. The molecular formula is C18H26N2O. The van der Waals surface area contributed by atoms with Crippen molar-refractivity contribution in [2.75, 3.05) is 18.4 Å². The second kappa shape index (κ2) is 8.50. The SMILES string of the molecule is C=CCNC(=O)c1ccc(NCC2CCCCCC2)cc1. The first-order chi connectivity index (χ1) is 10.3. The van der Waals surface area contributed by atoms with Crippen molar-refractivity contribution in [3.63, 3.8) is 0 Å². The Bertz CT molecular complexity index is 445. The summed E-state index contributed by atoms with van der Waals surface area (Å²) in [7, 11) is 0. The van der Waals surface area contributed by atoms with E-state index >= 15 is 0 Å². The molecule has 0 atom stereocenters. The molecule has 0 aliphatic heterocycles. The lowest BCUT2D eigenvalue weighted by molar-refractivity contribution is 0.0958. The zero-order valence-electron chi connectivity index (χ0n) is 12.7. The number of hydrogen-bond donors (Lipinski definition) is 2. The van der Waals surface area contributed by atoms with Crippen molar-refractivity contribution in [2.24, 2.45) is 5.92 Å². The summed E-state index contributed by atoms with van der Waals surface area (Å²) in [5.41, 5.74) is 1.79. The lowest BCUT2D eigenvalue weighted by Crippen LogP contribution is -2.23. The fourth-order valence-corrected chi connectivity index (χ4v) is 2.84. The van der Waals surface area contributed by atoms with Crippen molar-refractivity contribution in [1.82, 2.24) is 5.32 Å². The van der Waals surface area contributed by atoms with Crippen LogP contribution in [-0.4, -0.2) is 19.0 Å². The number of anilines is 1. The summed E-state index contributed by atoms with van der Waals surface area (Å²) < 4.78 is 0. The predicted molar refractivity (Wildman–Crippen MR) is 88.7 cm³/mol. The minimum absolute atomic E-state index is 0.0507. The molecule has 21 heavy (non-hydrogen) atoms. The number of amides is 1. The van der Waals surface area contributed by atoms with Gasteiger partial charge in [0.25, 0.3) is 5.91 Å². The molecule has 2 N–H and O–H groups in total. The van der Waals surface area contributed by atoms with Crippen molar-refractivity contribution in [3.05, 3.63) is 42.5 Å². The van der Waals surface area contributed by atoms with Gasteiger partial charge in [-0.25, -0.2) is 0 Å². The van der Waals surface area contributed by atoms with Gasteiger partial charge in [0.1, 0.15) is 0 Å². The molecule has 0 aromatic heterocycles. The van der Waals surface area contributed by atoms with Gasteiger partial charge in [0, 0.05) is 24.3 Å². The van der Waals surface area contributed by atoms with Crippen LogP contribution in [0.2, 0.25) is 0 Å². The number of nitrogens with one attached hydrogen (secondary N) is 2. The quantitative estimate of drug-likeness (QED) is 0.613. The van der Waals surface area contributed by atoms with Gasteiger partial charge in [0.15, 0.2) is 0 Å². The molecule has 2 rings (SSSR count). The van der Waals surface area contributed by atoms with Crippen LogP contribution in [0, 0.1) is 5.92 Å². The molecule has 1 fully saturated rings. The summed E-state index contributed by atoms with van der Waals surface area (Å²) in [4.78, 5) is 11.8. The normalized spacial score (nSPS) is 16.0. The molecule has 1 aromatic rings. The molecule has 1 aromatic carbocycles. The number of hydrogen-bond acceptors (Lipinski definition) is 2. The van der Waals surface area contributed by atoms with E-state index in [2.05, 4.69) is 17.2 Å². The Hall–Kier alpha value is -1.77. The molecule has 114 valence electrons. The van der Waals surface area contributed by atoms with Gasteiger partial charge >= 0.3 is 0 Å². The summed E-state index contributed by atoms with van der Waals surface area (Å²) >= 11 is 0. The van der Waals surface area contributed by atoms with Crippen molar-refractivity contribution in [2.45, 2.75) is 38.5 Å². The Labute approximate surface area is 127 Å². The molecule has 0 spiro atoms. The Kier molecular flexibility index (Phi) is 6.32. The highest BCUT2D eigenvalue weighted by Gasteiger charge is 2.12.